The zero-order chi connectivity index (χ0) is 10.1. The fourth-order valence-corrected chi connectivity index (χ4v) is 2.70. The Labute approximate surface area is 85.3 Å². The summed E-state index contributed by atoms with van der Waals surface area (Å²) in [6.45, 7) is 5.64. The number of carbonyl (C=O) groups excluding carboxylic acids is 1. The fourth-order valence-electron chi connectivity index (χ4n) is 2.70. The van der Waals surface area contributed by atoms with Gasteiger partial charge in [-0.05, 0) is 43.9 Å². The van der Waals surface area contributed by atoms with E-state index >= 15 is 0 Å². The first-order valence-electron chi connectivity index (χ1n) is 5.59. The topological polar surface area (TPSA) is 26.3 Å². The first kappa shape index (κ1) is 9.75. The second-order valence-electron chi connectivity index (χ2n) is 4.58. The van der Waals surface area contributed by atoms with Gasteiger partial charge in [-0.25, -0.2) is 4.79 Å². The molecule has 0 radical (unpaired) electrons. The molecule has 2 aliphatic rings. The van der Waals surface area contributed by atoms with Crippen LogP contribution in [-0.4, -0.2) is 12.1 Å². The van der Waals surface area contributed by atoms with Crippen molar-refractivity contribution in [2.45, 2.75) is 45.1 Å². The Morgan fingerprint density at radius 1 is 1.43 bits per heavy atom. The average molecular weight is 194 g/mol. The van der Waals surface area contributed by atoms with E-state index < -0.39 is 0 Å². The Kier molecular flexibility index (Phi) is 2.62. The minimum absolute atomic E-state index is 0.176. The third kappa shape index (κ3) is 1.70. The molecule has 0 saturated heterocycles. The summed E-state index contributed by atoms with van der Waals surface area (Å²) in [5.74, 6) is 1.30. The summed E-state index contributed by atoms with van der Waals surface area (Å²) >= 11 is 0. The summed E-state index contributed by atoms with van der Waals surface area (Å²) in [7, 11) is 0. The number of rotatable bonds is 3. The van der Waals surface area contributed by atoms with E-state index in [1.807, 2.05) is 6.92 Å². The minimum atomic E-state index is -0.176. The molecule has 2 bridgehead atoms. The number of hydrogen-bond donors (Lipinski definition) is 0. The Balaban J connectivity index is 1.87. The van der Waals surface area contributed by atoms with Crippen LogP contribution in [0.15, 0.2) is 12.2 Å². The summed E-state index contributed by atoms with van der Waals surface area (Å²) in [5, 5.41) is 0. The van der Waals surface area contributed by atoms with Crippen molar-refractivity contribution in [2.75, 3.05) is 0 Å². The normalized spacial score (nSPS) is 34.5. The van der Waals surface area contributed by atoms with Gasteiger partial charge in [0.2, 0.25) is 0 Å². The lowest BCUT2D eigenvalue weighted by molar-refractivity contribution is -0.146. The van der Waals surface area contributed by atoms with Crippen molar-refractivity contribution >= 4 is 5.97 Å². The molecule has 0 aromatic rings. The quantitative estimate of drug-likeness (QED) is 0.510. The molecule has 0 heterocycles. The van der Waals surface area contributed by atoms with Gasteiger partial charge in [0.15, 0.2) is 0 Å². The molecule has 0 aromatic heterocycles. The van der Waals surface area contributed by atoms with Crippen LogP contribution in [0.25, 0.3) is 0 Å². The maximum Gasteiger partial charge on any atom is 0.333 e. The summed E-state index contributed by atoms with van der Waals surface area (Å²) < 4.78 is 5.46. The van der Waals surface area contributed by atoms with Crippen molar-refractivity contribution in [2.24, 2.45) is 11.8 Å². The lowest BCUT2D eigenvalue weighted by atomic mass is 9.98. The van der Waals surface area contributed by atoms with Crippen molar-refractivity contribution in [3.8, 4) is 0 Å². The van der Waals surface area contributed by atoms with Crippen molar-refractivity contribution < 1.29 is 9.53 Å². The molecule has 0 spiro atoms. The number of esters is 1. The summed E-state index contributed by atoms with van der Waals surface area (Å²) in [4.78, 5) is 11.5. The minimum Gasteiger partial charge on any atom is -0.459 e. The van der Waals surface area contributed by atoms with Gasteiger partial charge in [-0.2, -0.15) is 0 Å². The molecule has 2 heteroatoms. The summed E-state index contributed by atoms with van der Waals surface area (Å²) in [6.07, 6.45) is 5.85. The van der Waals surface area contributed by atoms with E-state index in [4.69, 9.17) is 4.74 Å². The summed E-state index contributed by atoms with van der Waals surface area (Å²) in [6, 6.07) is 0. The van der Waals surface area contributed by atoms with Gasteiger partial charge >= 0.3 is 5.97 Å². The lowest BCUT2D eigenvalue weighted by Gasteiger charge is -2.22. The molecule has 78 valence electrons. The highest BCUT2D eigenvalue weighted by molar-refractivity contribution is 5.87. The molecule has 2 fully saturated rings. The first-order chi connectivity index (χ1) is 6.70. The van der Waals surface area contributed by atoms with Gasteiger partial charge in [-0.15, -0.1) is 0 Å². The number of fused-ring (bicyclic) bond motifs is 2. The van der Waals surface area contributed by atoms with Gasteiger partial charge in [-0.1, -0.05) is 13.5 Å². The summed E-state index contributed by atoms with van der Waals surface area (Å²) in [5.41, 5.74) is 0.604. The molecule has 0 aromatic carbocycles. The first-order valence-corrected chi connectivity index (χ1v) is 5.59. The van der Waals surface area contributed by atoms with Crippen LogP contribution in [0.2, 0.25) is 0 Å². The maximum absolute atomic E-state index is 11.5. The zero-order valence-corrected chi connectivity index (χ0v) is 8.79. The van der Waals surface area contributed by atoms with E-state index in [9.17, 15) is 4.79 Å². The van der Waals surface area contributed by atoms with Crippen LogP contribution in [0, 0.1) is 11.8 Å². The Morgan fingerprint density at radius 3 is 2.71 bits per heavy atom. The van der Waals surface area contributed by atoms with Crippen LogP contribution in [0.3, 0.4) is 0 Å². The predicted octanol–water partition coefficient (Wildman–Crippen LogP) is 2.68. The second kappa shape index (κ2) is 3.76. The molecule has 14 heavy (non-hydrogen) atoms. The fraction of sp³-hybridized carbons (Fsp3) is 0.750. The smallest absolute Gasteiger partial charge is 0.333 e. The molecule has 2 aliphatic carbocycles. The van der Waals surface area contributed by atoms with Gasteiger partial charge in [0.1, 0.15) is 6.10 Å². The number of carbonyl (C=O) groups is 1. The number of ether oxygens (including phenoxy) is 1. The molecular weight excluding hydrogens is 176 g/mol. The monoisotopic (exact) mass is 194 g/mol. The highest BCUT2D eigenvalue weighted by Crippen LogP contribution is 2.45. The Morgan fingerprint density at radius 2 is 2.21 bits per heavy atom. The van der Waals surface area contributed by atoms with Crippen LogP contribution in [-0.2, 0) is 9.53 Å². The van der Waals surface area contributed by atoms with Gasteiger partial charge in [0, 0.05) is 5.57 Å². The van der Waals surface area contributed by atoms with Crippen molar-refractivity contribution in [1.29, 1.82) is 0 Å². The van der Waals surface area contributed by atoms with Crippen molar-refractivity contribution in [3.05, 3.63) is 12.2 Å². The highest BCUT2D eigenvalue weighted by atomic mass is 16.5. The molecule has 3 unspecified atom stereocenters. The van der Waals surface area contributed by atoms with Gasteiger partial charge in [0.05, 0.1) is 0 Å². The van der Waals surface area contributed by atoms with Crippen LogP contribution in [0.1, 0.15) is 39.0 Å². The van der Waals surface area contributed by atoms with E-state index in [1.54, 1.807) is 0 Å². The van der Waals surface area contributed by atoms with Gasteiger partial charge < -0.3 is 4.74 Å². The third-order valence-electron chi connectivity index (χ3n) is 3.65. The molecular formula is C12H18O2. The molecule has 3 atom stereocenters. The van der Waals surface area contributed by atoms with Crippen molar-refractivity contribution in [1.82, 2.24) is 0 Å². The van der Waals surface area contributed by atoms with E-state index in [0.717, 1.165) is 12.3 Å². The third-order valence-corrected chi connectivity index (χ3v) is 3.65. The van der Waals surface area contributed by atoms with Crippen LogP contribution < -0.4 is 0 Å². The van der Waals surface area contributed by atoms with Gasteiger partial charge in [0.25, 0.3) is 0 Å². The predicted molar refractivity (Wildman–Crippen MR) is 54.8 cm³/mol. The second-order valence-corrected chi connectivity index (χ2v) is 4.58. The Hall–Kier alpha value is -0.790. The molecule has 2 rings (SSSR count). The van der Waals surface area contributed by atoms with E-state index in [-0.39, 0.29) is 12.1 Å². The van der Waals surface area contributed by atoms with Crippen molar-refractivity contribution in [3.63, 3.8) is 0 Å². The van der Waals surface area contributed by atoms with Gasteiger partial charge in [-0.3, -0.25) is 0 Å². The highest BCUT2D eigenvalue weighted by Gasteiger charge is 2.41. The molecule has 0 amide bonds. The van der Waals surface area contributed by atoms with Crippen LogP contribution >= 0.6 is 0 Å². The molecule has 0 aliphatic heterocycles. The average Bonchev–Trinajstić information content (AvgIpc) is 2.77. The van der Waals surface area contributed by atoms with E-state index in [2.05, 4.69) is 6.58 Å². The standard InChI is InChI=1S/C12H18O2/c1-3-8(2)12(13)14-11-7-9-4-5-10(11)6-9/h9-11H,2-7H2,1H3. The van der Waals surface area contributed by atoms with E-state index in [1.165, 1.54) is 19.3 Å². The lowest BCUT2D eigenvalue weighted by Crippen LogP contribution is -2.24. The number of hydrogen-bond acceptors (Lipinski definition) is 2. The largest absolute Gasteiger partial charge is 0.459 e. The zero-order valence-electron chi connectivity index (χ0n) is 8.79. The maximum atomic E-state index is 11.5. The van der Waals surface area contributed by atoms with Crippen LogP contribution in [0.4, 0.5) is 0 Å². The molecule has 2 nitrogen and oxygen atoms in total. The molecule has 0 N–H and O–H groups in total. The van der Waals surface area contributed by atoms with Crippen LogP contribution in [0.5, 0.6) is 0 Å². The van der Waals surface area contributed by atoms with E-state index in [0.29, 0.717) is 17.9 Å². The molecule has 2 saturated carbocycles. The Bertz CT molecular complexity index is 257. The SMILES string of the molecule is C=C(CC)C(=O)OC1CC2CCC1C2.